The molecule has 0 aliphatic rings. The van der Waals surface area contributed by atoms with Gasteiger partial charge in [-0.05, 0) is 70.9 Å². The summed E-state index contributed by atoms with van der Waals surface area (Å²) in [4.78, 5) is 17.3. The molecule has 0 unspecified atom stereocenters. The highest BCUT2D eigenvalue weighted by Crippen LogP contribution is 2.42. The number of hydrogen-bond donors (Lipinski definition) is 0. The molecule has 0 saturated carbocycles. The number of hydrogen-bond acceptors (Lipinski definition) is 4. The summed E-state index contributed by atoms with van der Waals surface area (Å²) < 4.78 is 7.29. The largest absolute Gasteiger partial charge is 0.360 e. The molecule has 3 rings (SSSR count). The van der Waals surface area contributed by atoms with Crippen LogP contribution >= 0.6 is 22.9 Å². The summed E-state index contributed by atoms with van der Waals surface area (Å²) in [5, 5.41) is 1.67. The van der Waals surface area contributed by atoms with Crippen LogP contribution in [0.4, 0.5) is 0 Å². The second-order valence-electron chi connectivity index (χ2n) is 7.79. The van der Waals surface area contributed by atoms with Gasteiger partial charge in [0.15, 0.2) is 5.78 Å². The number of fused-ring (bicyclic) bond motifs is 1. The molecule has 0 aliphatic carbocycles. The summed E-state index contributed by atoms with van der Waals surface area (Å²) in [6.45, 7) is 11.5. The molecule has 142 valence electrons. The van der Waals surface area contributed by atoms with E-state index in [4.69, 9.17) is 16.3 Å². The summed E-state index contributed by atoms with van der Waals surface area (Å²) in [5.74, 6) is -0.0103. The Bertz CT molecular complexity index is 1000. The number of halogens is 1. The summed E-state index contributed by atoms with van der Waals surface area (Å²) in [7, 11) is 0. The molecule has 0 saturated heterocycles. The fourth-order valence-electron chi connectivity index (χ4n) is 3.26. The Balaban J connectivity index is 2.36. The molecule has 27 heavy (non-hydrogen) atoms. The number of ketones is 1. The van der Waals surface area contributed by atoms with E-state index < -0.39 is 11.7 Å². The van der Waals surface area contributed by atoms with Crippen molar-refractivity contribution in [1.29, 1.82) is 0 Å². The molecule has 3 aromatic rings. The summed E-state index contributed by atoms with van der Waals surface area (Å²) >= 11 is 7.74. The monoisotopic (exact) mass is 401 g/mol. The lowest BCUT2D eigenvalue weighted by atomic mass is 9.90. The predicted molar refractivity (Wildman–Crippen MR) is 114 cm³/mol. The fraction of sp³-hybridized carbons (Fsp3) is 0.364. The minimum atomic E-state index is -0.637. The quantitative estimate of drug-likeness (QED) is 0.489. The second kappa shape index (κ2) is 7.34. The lowest BCUT2D eigenvalue weighted by molar-refractivity contribution is -0.138. The van der Waals surface area contributed by atoms with Crippen LogP contribution in [0.25, 0.3) is 21.3 Å². The average Bonchev–Trinajstić information content (AvgIpc) is 2.91. The predicted octanol–water partition coefficient (Wildman–Crippen LogP) is 6.68. The molecular weight excluding hydrogens is 378 g/mol. The molecular formula is C22H24ClNO2S. The lowest BCUT2D eigenvalue weighted by Crippen LogP contribution is -2.27. The van der Waals surface area contributed by atoms with Crippen molar-refractivity contribution >= 4 is 38.9 Å². The Morgan fingerprint density at radius 2 is 1.81 bits per heavy atom. The van der Waals surface area contributed by atoms with Gasteiger partial charge < -0.3 is 4.74 Å². The Morgan fingerprint density at radius 1 is 1.19 bits per heavy atom. The normalized spacial score (nSPS) is 13.1. The maximum absolute atomic E-state index is 12.6. The molecule has 5 heteroatoms. The standard InChI is InChI=1S/C22H24ClNO2S/c1-12-11-17-21(27-14(3)24-17)19(15-7-9-16(23)10-8-15)18(12)20(13(2)25)26-22(4,5)6/h7-11,20H,1-6H3/t20-/m1/s1. The van der Waals surface area contributed by atoms with Crippen molar-refractivity contribution in [3.63, 3.8) is 0 Å². The molecule has 1 atom stereocenters. The number of carbonyl (C=O) groups is 1. The smallest absolute Gasteiger partial charge is 0.163 e. The third-order valence-electron chi connectivity index (χ3n) is 4.27. The van der Waals surface area contributed by atoms with E-state index in [0.717, 1.165) is 37.5 Å². The van der Waals surface area contributed by atoms with Gasteiger partial charge in [-0.3, -0.25) is 4.79 Å². The van der Waals surface area contributed by atoms with Crippen LogP contribution < -0.4 is 0 Å². The molecule has 0 fully saturated rings. The first-order valence-corrected chi connectivity index (χ1v) is 10.1. The zero-order chi connectivity index (χ0) is 19.9. The van der Waals surface area contributed by atoms with Gasteiger partial charge in [-0.25, -0.2) is 4.98 Å². The first kappa shape index (κ1) is 20.0. The number of nitrogens with zero attached hydrogens (tertiary/aromatic N) is 1. The van der Waals surface area contributed by atoms with Gasteiger partial charge in [0.25, 0.3) is 0 Å². The van der Waals surface area contributed by atoms with E-state index in [1.165, 1.54) is 0 Å². The third-order valence-corrected chi connectivity index (χ3v) is 5.53. The molecule has 0 N–H and O–H groups in total. The van der Waals surface area contributed by atoms with Crippen molar-refractivity contribution in [2.24, 2.45) is 0 Å². The van der Waals surface area contributed by atoms with E-state index in [2.05, 4.69) is 11.1 Å². The SMILES string of the molecule is CC(=O)[C@@H](OC(C)(C)C)c1c(C)cc2nc(C)sc2c1-c1ccc(Cl)cc1. The highest BCUT2D eigenvalue weighted by molar-refractivity contribution is 7.19. The van der Waals surface area contributed by atoms with Crippen LogP contribution in [0.5, 0.6) is 0 Å². The maximum atomic E-state index is 12.6. The summed E-state index contributed by atoms with van der Waals surface area (Å²) in [6, 6.07) is 9.77. The Labute approximate surface area is 169 Å². The molecule has 1 heterocycles. The van der Waals surface area contributed by atoms with Gasteiger partial charge in [0, 0.05) is 16.1 Å². The summed E-state index contributed by atoms with van der Waals surface area (Å²) in [6.07, 6.45) is -0.637. The number of carbonyl (C=O) groups excluding carboxylic acids is 1. The number of ether oxygens (including phenoxy) is 1. The van der Waals surface area contributed by atoms with E-state index in [1.54, 1.807) is 18.3 Å². The number of aryl methyl sites for hydroxylation is 2. The van der Waals surface area contributed by atoms with Crippen molar-refractivity contribution in [2.75, 3.05) is 0 Å². The topological polar surface area (TPSA) is 39.2 Å². The molecule has 0 spiro atoms. The van der Waals surface area contributed by atoms with Crippen molar-refractivity contribution in [3.05, 3.63) is 51.5 Å². The van der Waals surface area contributed by atoms with E-state index in [0.29, 0.717) is 5.02 Å². The Morgan fingerprint density at radius 3 is 2.37 bits per heavy atom. The van der Waals surface area contributed by atoms with E-state index in [9.17, 15) is 4.79 Å². The van der Waals surface area contributed by atoms with Crippen LogP contribution in [0.1, 0.15) is 49.9 Å². The van der Waals surface area contributed by atoms with Gasteiger partial charge in [-0.2, -0.15) is 0 Å². The van der Waals surface area contributed by atoms with Gasteiger partial charge >= 0.3 is 0 Å². The Kier molecular flexibility index (Phi) is 5.44. The minimum Gasteiger partial charge on any atom is -0.360 e. The van der Waals surface area contributed by atoms with Crippen molar-refractivity contribution < 1.29 is 9.53 Å². The first-order valence-electron chi connectivity index (χ1n) is 8.91. The van der Waals surface area contributed by atoms with Crippen molar-refractivity contribution in [1.82, 2.24) is 4.98 Å². The number of thiazole rings is 1. The van der Waals surface area contributed by atoms with Crippen LogP contribution in [0.2, 0.25) is 5.02 Å². The molecule has 0 bridgehead atoms. The second-order valence-corrected chi connectivity index (χ2v) is 9.43. The maximum Gasteiger partial charge on any atom is 0.163 e. The highest BCUT2D eigenvalue weighted by Gasteiger charge is 2.30. The number of Topliss-reactive ketones (excluding diaryl/α,β-unsaturated/α-hetero) is 1. The fourth-order valence-corrected chi connectivity index (χ4v) is 4.37. The van der Waals surface area contributed by atoms with Crippen LogP contribution in [-0.2, 0) is 9.53 Å². The highest BCUT2D eigenvalue weighted by atomic mass is 35.5. The number of benzene rings is 2. The average molecular weight is 402 g/mol. The van der Waals surface area contributed by atoms with Gasteiger partial charge in [0.05, 0.1) is 20.8 Å². The van der Waals surface area contributed by atoms with Crippen molar-refractivity contribution in [3.8, 4) is 11.1 Å². The van der Waals surface area contributed by atoms with E-state index in [1.807, 2.05) is 58.9 Å². The van der Waals surface area contributed by atoms with Crippen molar-refractivity contribution in [2.45, 2.75) is 53.2 Å². The zero-order valence-electron chi connectivity index (χ0n) is 16.5. The first-order chi connectivity index (χ1) is 12.6. The van der Waals surface area contributed by atoms with Crippen LogP contribution in [0.15, 0.2) is 30.3 Å². The van der Waals surface area contributed by atoms with E-state index >= 15 is 0 Å². The molecule has 0 radical (unpaired) electrons. The van der Waals surface area contributed by atoms with Gasteiger partial charge in [-0.1, -0.05) is 23.7 Å². The van der Waals surface area contributed by atoms with E-state index in [-0.39, 0.29) is 5.78 Å². The Hall–Kier alpha value is -1.75. The number of rotatable bonds is 4. The van der Waals surface area contributed by atoms with Crippen LogP contribution in [0.3, 0.4) is 0 Å². The van der Waals surface area contributed by atoms with Gasteiger partial charge in [0.2, 0.25) is 0 Å². The van der Waals surface area contributed by atoms with Gasteiger partial charge in [0.1, 0.15) is 6.10 Å². The summed E-state index contributed by atoms with van der Waals surface area (Å²) in [5.41, 5.74) is 4.44. The molecule has 1 aromatic heterocycles. The third kappa shape index (κ3) is 4.23. The molecule has 3 nitrogen and oxygen atoms in total. The van der Waals surface area contributed by atoms with Gasteiger partial charge in [-0.15, -0.1) is 11.3 Å². The molecule has 0 amide bonds. The van der Waals surface area contributed by atoms with Crippen LogP contribution in [0, 0.1) is 13.8 Å². The molecule has 0 aliphatic heterocycles. The minimum absolute atomic E-state index is 0.0103. The number of aromatic nitrogens is 1. The molecule has 2 aromatic carbocycles. The zero-order valence-corrected chi connectivity index (χ0v) is 18.1. The lowest BCUT2D eigenvalue weighted by Gasteiger charge is -2.29. The van der Waals surface area contributed by atoms with Crippen LogP contribution in [-0.4, -0.2) is 16.4 Å².